The van der Waals surface area contributed by atoms with Crippen LogP contribution in [0.1, 0.15) is 44.9 Å². The molecule has 3 N–H and O–H groups in total. The van der Waals surface area contributed by atoms with Crippen LogP contribution in [0.4, 0.5) is 4.39 Å². The monoisotopic (exact) mass is 462 g/mol. The summed E-state index contributed by atoms with van der Waals surface area (Å²) in [6.45, 7) is 0.564. The van der Waals surface area contributed by atoms with Crippen LogP contribution in [-0.2, 0) is 9.59 Å². The summed E-state index contributed by atoms with van der Waals surface area (Å²) >= 11 is 5.65. The Morgan fingerprint density at radius 3 is 2.81 bits per heavy atom. The Kier molecular flexibility index (Phi) is 6.87. The Morgan fingerprint density at radius 1 is 1.31 bits per heavy atom. The molecule has 3 saturated carbocycles. The molecular weight excluding hydrogens is 435 g/mol. The molecular formula is C23H28ClFN4O3. The highest BCUT2D eigenvalue weighted by Gasteiger charge is 2.57. The molecule has 9 heteroatoms. The number of ether oxygens (including phenoxy) is 1. The number of nitrogens with zero attached hydrogens (tertiary/aromatic N) is 1. The second-order valence-electron chi connectivity index (χ2n) is 9.28. The Labute approximate surface area is 192 Å². The first kappa shape index (κ1) is 22.8. The second kappa shape index (κ2) is 9.63. The van der Waals surface area contributed by atoms with E-state index in [2.05, 4.69) is 22.0 Å². The molecule has 172 valence electrons. The fraction of sp³-hybridized carbons (Fsp3) is 0.609. The van der Waals surface area contributed by atoms with Gasteiger partial charge < -0.3 is 20.7 Å². The Bertz CT molecular complexity index is 907. The summed E-state index contributed by atoms with van der Waals surface area (Å²) < 4.78 is 18.9. The minimum Gasteiger partial charge on any atom is -0.484 e. The predicted octanol–water partition coefficient (Wildman–Crippen LogP) is 2.68. The van der Waals surface area contributed by atoms with Gasteiger partial charge in [-0.2, -0.15) is 5.26 Å². The van der Waals surface area contributed by atoms with Crippen LogP contribution in [-0.4, -0.2) is 42.6 Å². The topological polar surface area (TPSA) is 103 Å². The van der Waals surface area contributed by atoms with Gasteiger partial charge in [0.25, 0.3) is 5.91 Å². The minimum absolute atomic E-state index is 0.00230. The lowest BCUT2D eigenvalue weighted by Gasteiger charge is -2.39. The van der Waals surface area contributed by atoms with Gasteiger partial charge in [-0.05, 0) is 69.0 Å². The first-order chi connectivity index (χ1) is 15.4. The van der Waals surface area contributed by atoms with E-state index in [0.29, 0.717) is 24.7 Å². The first-order valence-corrected chi connectivity index (χ1v) is 11.5. The normalized spacial score (nSPS) is 30.7. The molecule has 7 nitrogen and oxygen atoms in total. The highest BCUT2D eigenvalue weighted by Crippen LogP contribution is 2.52. The molecule has 2 bridgehead atoms. The third kappa shape index (κ3) is 5.16. The predicted molar refractivity (Wildman–Crippen MR) is 116 cm³/mol. The molecule has 1 aliphatic heterocycles. The van der Waals surface area contributed by atoms with Gasteiger partial charge in [0.1, 0.15) is 11.6 Å². The quantitative estimate of drug-likeness (QED) is 0.551. The molecule has 0 spiro atoms. The SMILES string of the molecule is N#CCCC1CCC(C(=O)NC2CC3(NC(=O)COc4ccc(Cl)c(F)c4)CC2C3)NC1. The summed E-state index contributed by atoms with van der Waals surface area (Å²) in [7, 11) is 0. The van der Waals surface area contributed by atoms with E-state index in [1.165, 1.54) is 12.1 Å². The van der Waals surface area contributed by atoms with Crippen molar-refractivity contribution in [3.63, 3.8) is 0 Å². The van der Waals surface area contributed by atoms with Crippen LogP contribution in [0, 0.1) is 29.0 Å². The van der Waals surface area contributed by atoms with Crippen LogP contribution in [0.25, 0.3) is 0 Å². The van der Waals surface area contributed by atoms with E-state index in [1.807, 2.05) is 0 Å². The molecule has 4 fully saturated rings. The highest BCUT2D eigenvalue weighted by atomic mass is 35.5. The van der Waals surface area contributed by atoms with Crippen molar-refractivity contribution >= 4 is 23.4 Å². The number of hydrogen-bond donors (Lipinski definition) is 3. The molecule has 3 aliphatic carbocycles. The Hall–Kier alpha value is -2.37. The van der Waals surface area contributed by atoms with Crippen LogP contribution in [0.5, 0.6) is 5.75 Å². The smallest absolute Gasteiger partial charge is 0.258 e. The fourth-order valence-electron chi connectivity index (χ4n) is 5.29. The van der Waals surface area contributed by atoms with Crippen LogP contribution in [0.15, 0.2) is 18.2 Å². The van der Waals surface area contributed by atoms with E-state index >= 15 is 0 Å². The van der Waals surface area contributed by atoms with E-state index < -0.39 is 5.82 Å². The van der Waals surface area contributed by atoms with Gasteiger partial charge in [0, 0.05) is 24.1 Å². The van der Waals surface area contributed by atoms with Crippen molar-refractivity contribution in [2.45, 2.75) is 62.6 Å². The van der Waals surface area contributed by atoms with Gasteiger partial charge >= 0.3 is 0 Å². The lowest BCUT2D eigenvalue weighted by atomic mass is 9.76. The molecule has 3 unspecified atom stereocenters. The van der Waals surface area contributed by atoms with Gasteiger partial charge in [-0.25, -0.2) is 4.39 Å². The average molecular weight is 463 g/mol. The number of rotatable bonds is 8. The summed E-state index contributed by atoms with van der Waals surface area (Å²) in [5.41, 5.74) is -0.295. The number of carbonyl (C=O) groups excluding carboxylic acids is 2. The number of hydrogen-bond acceptors (Lipinski definition) is 5. The van der Waals surface area contributed by atoms with Gasteiger partial charge in [-0.15, -0.1) is 0 Å². The summed E-state index contributed by atoms with van der Waals surface area (Å²) in [5, 5.41) is 18.3. The van der Waals surface area contributed by atoms with Crippen LogP contribution in [0.2, 0.25) is 5.02 Å². The average Bonchev–Trinajstić information content (AvgIpc) is 3.26. The second-order valence-corrected chi connectivity index (χ2v) is 9.69. The van der Waals surface area contributed by atoms with E-state index in [0.717, 1.165) is 44.7 Å². The lowest BCUT2D eigenvalue weighted by molar-refractivity contribution is -0.126. The number of amides is 2. The van der Waals surface area contributed by atoms with Gasteiger partial charge in [0.05, 0.1) is 17.1 Å². The zero-order chi connectivity index (χ0) is 22.7. The standard InChI is InChI=1S/C23H28ClFN4O3/c24-17-5-4-16(8-18(17)25)32-13-21(30)29-23-9-15(10-23)20(11-23)28-22(31)19-6-3-14(12-27-19)2-1-7-26/h4-5,8,14-15,19-20,27H,1-3,6,9-13H2,(H,28,31)(H,29,30). The van der Waals surface area contributed by atoms with Crippen molar-refractivity contribution in [3.05, 3.63) is 29.0 Å². The number of benzene rings is 1. The highest BCUT2D eigenvalue weighted by molar-refractivity contribution is 6.30. The van der Waals surface area contributed by atoms with Crippen molar-refractivity contribution in [1.82, 2.24) is 16.0 Å². The molecule has 1 heterocycles. The molecule has 0 radical (unpaired) electrons. The van der Waals surface area contributed by atoms with Crippen LogP contribution in [0.3, 0.4) is 0 Å². The van der Waals surface area contributed by atoms with Gasteiger partial charge in [0.15, 0.2) is 6.61 Å². The summed E-state index contributed by atoms with van der Waals surface area (Å²) in [4.78, 5) is 25.1. The maximum absolute atomic E-state index is 13.5. The molecule has 0 aromatic heterocycles. The largest absolute Gasteiger partial charge is 0.484 e. The fourth-order valence-corrected chi connectivity index (χ4v) is 5.41. The third-order valence-electron chi connectivity index (χ3n) is 6.98. The summed E-state index contributed by atoms with van der Waals surface area (Å²) in [5.74, 6) is 0.251. The number of fused-ring (bicyclic) bond motifs is 1. The summed E-state index contributed by atoms with van der Waals surface area (Å²) in [6, 6.07) is 6.11. The number of halogens is 2. The van der Waals surface area contributed by atoms with E-state index in [9.17, 15) is 14.0 Å². The van der Waals surface area contributed by atoms with Crippen molar-refractivity contribution in [2.75, 3.05) is 13.2 Å². The van der Waals surface area contributed by atoms with Crippen LogP contribution < -0.4 is 20.7 Å². The first-order valence-electron chi connectivity index (χ1n) is 11.2. The van der Waals surface area contributed by atoms with Crippen molar-refractivity contribution < 1.29 is 18.7 Å². The van der Waals surface area contributed by atoms with Crippen molar-refractivity contribution in [1.29, 1.82) is 5.26 Å². The van der Waals surface area contributed by atoms with Gasteiger partial charge in [-0.1, -0.05) is 11.6 Å². The molecule has 3 atom stereocenters. The molecule has 1 aromatic carbocycles. The Balaban J connectivity index is 1.19. The molecule has 5 rings (SSSR count). The zero-order valence-corrected chi connectivity index (χ0v) is 18.6. The molecule has 4 aliphatic rings. The minimum atomic E-state index is -0.593. The number of carbonyl (C=O) groups is 2. The maximum atomic E-state index is 13.5. The maximum Gasteiger partial charge on any atom is 0.258 e. The number of nitriles is 1. The summed E-state index contributed by atoms with van der Waals surface area (Å²) in [6.07, 6.45) is 5.56. The number of piperidine rings is 1. The van der Waals surface area contributed by atoms with Gasteiger partial charge in [-0.3, -0.25) is 9.59 Å². The van der Waals surface area contributed by atoms with E-state index in [1.54, 1.807) is 0 Å². The zero-order valence-electron chi connectivity index (χ0n) is 17.8. The lowest BCUT2D eigenvalue weighted by Crippen LogP contribution is -2.53. The van der Waals surface area contributed by atoms with E-state index in [4.69, 9.17) is 21.6 Å². The molecule has 2 amide bonds. The van der Waals surface area contributed by atoms with Crippen LogP contribution >= 0.6 is 11.6 Å². The third-order valence-corrected chi connectivity index (χ3v) is 7.28. The molecule has 32 heavy (non-hydrogen) atoms. The van der Waals surface area contributed by atoms with Crippen molar-refractivity contribution in [3.8, 4) is 11.8 Å². The molecule has 1 saturated heterocycles. The number of nitrogens with one attached hydrogen (secondary N) is 3. The van der Waals surface area contributed by atoms with E-state index in [-0.39, 0.29) is 46.8 Å². The molecule has 1 aromatic rings. The van der Waals surface area contributed by atoms with Gasteiger partial charge in [0.2, 0.25) is 5.91 Å². The van der Waals surface area contributed by atoms with Crippen molar-refractivity contribution in [2.24, 2.45) is 11.8 Å². The Morgan fingerprint density at radius 2 is 2.12 bits per heavy atom.